The summed E-state index contributed by atoms with van der Waals surface area (Å²) >= 11 is 1.43. The van der Waals surface area contributed by atoms with Crippen LogP contribution >= 0.6 is 11.8 Å². The highest BCUT2D eigenvalue weighted by molar-refractivity contribution is 7.99. The third kappa shape index (κ3) is 4.35. The van der Waals surface area contributed by atoms with Crippen LogP contribution in [0.25, 0.3) is 0 Å². The minimum atomic E-state index is -0.862. The highest BCUT2D eigenvalue weighted by Crippen LogP contribution is 2.26. The first-order valence-electron chi connectivity index (χ1n) is 6.69. The molecule has 0 saturated heterocycles. The normalized spacial score (nSPS) is 17.6. The van der Waals surface area contributed by atoms with Crippen LogP contribution < -0.4 is 10.9 Å². The van der Waals surface area contributed by atoms with Crippen LogP contribution in [0.3, 0.4) is 0 Å². The van der Waals surface area contributed by atoms with Crippen LogP contribution in [0.5, 0.6) is 0 Å². The summed E-state index contributed by atoms with van der Waals surface area (Å²) in [7, 11) is 0. The summed E-state index contributed by atoms with van der Waals surface area (Å²) in [5.74, 6) is -0.0806. The van der Waals surface area contributed by atoms with Crippen molar-refractivity contribution in [3.05, 3.63) is 22.6 Å². The van der Waals surface area contributed by atoms with Gasteiger partial charge in [-0.15, -0.1) is 0 Å². The smallest absolute Gasteiger partial charge is 0.323 e. The number of aromatic nitrogens is 2. The largest absolute Gasteiger partial charge is 0.480 e. The van der Waals surface area contributed by atoms with E-state index in [1.54, 1.807) is 6.92 Å². The van der Waals surface area contributed by atoms with Crippen molar-refractivity contribution < 1.29 is 9.90 Å². The van der Waals surface area contributed by atoms with Crippen LogP contribution in [-0.2, 0) is 4.79 Å². The lowest BCUT2D eigenvalue weighted by Crippen LogP contribution is -2.50. The van der Waals surface area contributed by atoms with Gasteiger partial charge in [-0.2, -0.15) is 0 Å². The molecule has 110 valence electrons. The van der Waals surface area contributed by atoms with Crippen molar-refractivity contribution >= 4 is 17.7 Å². The molecular weight excluding hydrogens is 278 g/mol. The van der Waals surface area contributed by atoms with Gasteiger partial charge >= 0.3 is 5.97 Å². The van der Waals surface area contributed by atoms with E-state index in [9.17, 15) is 14.7 Å². The number of aromatic amines is 1. The number of nitrogens with one attached hydrogen (secondary N) is 2. The van der Waals surface area contributed by atoms with E-state index in [2.05, 4.69) is 15.3 Å². The van der Waals surface area contributed by atoms with Gasteiger partial charge in [-0.05, 0) is 32.6 Å². The lowest BCUT2D eigenvalue weighted by Gasteiger charge is -2.26. The van der Waals surface area contributed by atoms with Crippen LogP contribution in [0.2, 0.25) is 0 Å². The highest BCUT2D eigenvalue weighted by atomic mass is 32.2. The fourth-order valence-electron chi connectivity index (χ4n) is 1.94. The molecule has 0 bridgehead atoms. The molecule has 2 rings (SSSR count). The van der Waals surface area contributed by atoms with E-state index in [1.807, 2.05) is 0 Å². The van der Waals surface area contributed by atoms with E-state index in [1.165, 1.54) is 24.0 Å². The number of rotatable bonds is 8. The Hall–Kier alpha value is -1.34. The lowest BCUT2D eigenvalue weighted by molar-refractivity contribution is -0.144. The molecular formula is C13H19N3O3S. The molecule has 20 heavy (non-hydrogen) atoms. The minimum Gasteiger partial charge on any atom is -0.480 e. The van der Waals surface area contributed by atoms with Crippen molar-refractivity contribution in [3.63, 3.8) is 0 Å². The predicted molar refractivity (Wildman–Crippen MR) is 77.0 cm³/mol. The van der Waals surface area contributed by atoms with Crippen molar-refractivity contribution in [2.75, 3.05) is 5.75 Å². The average Bonchev–Trinajstić information content (AvgIpc) is 3.18. The van der Waals surface area contributed by atoms with Gasteiger partial charge in [-0.3, -0.25) is 14.9 Å². The molecule has 7 heteroatoms. The Balaban J connectivity index is 1.78. The molecule has 1 aromatic rings. The van der Waals surface area contributed by atoms with Crippen LogP contribution in [-0.4, -0.2) is 38.4 Å². The van der Waals surface area contributed by atoms with E-state index >= 15 is 0 Å². The number of carbonyl (C=O) groups is 1. The maximum atomic E-state index is 11.4. The standard InChI is InChI=1S/C13H19N3O3S/c1-13(11(18)19,16-9-3-4-9)6-2-8-20-12-14-7-5-10(17)15-12/h5,7,9,16H,2-4,6,8H2,1H3,(H,18,19)(H,14,15,17). The number of hydrogen-bond donors (Lipinski definition) is 3. The van der Waals surface area contributed by atoms with Crippen LogP contribution in [0, 0.1) is 0 Å². The third-order valence-electron chi connectivity index (χ3n) is 3.28. The molecule has 6 nitrogen and oxygen atoms in total. The zero-order valence-corrected chi connectivity index (χ0v) is 12.2. The molecule has 0 aliphatic heterocycles. The molecule has 1 unspecified atom stereocenters. The van der Waals surface area contributed by atoms with Gasteiger partial charge in [0.25, 0.3) is 5.56 Å². The van der Waals surface area contributed by atoms with Crippen LogP contribution in [0.1, 0.15) is 32.6 Å². The summed E-state index contributed by atoms with van der Waals surface area (Å²) in [6, 6.07) is 1.72. The summed E-state index contributed by atoms with van der Waals surface area (Å²) in [5, 5.41) is 13.1. The first-order valence-corrected chi connectivity index (χ1v) is 7.67. The number of carboxylic acid groups (broad SMARTS) is 1. The Kier molecular flexibility index (Phi) is 4.82. The summed E-state index contributed by atoms with van der Waals surface area (Å²) < 4.78 is 0. The van der Waals surface area contributed by atoms with Gasteiger partial charge in [-0.1, -0.05) is 11.8 Å². The predicted octanol–water partition coefficient (Wildman–Crippen LogP) is 1.24. The SMILES string of the molecule is CC(CCCSc1nccc(=O)[nH]1)(NC1CC1)C(=O)O. The number of H-pyrrole nitrogens is 1. The topological polar surface area (TPSA) is 95.1 Å². The van der Waals surface area contributed by atoms with Crippen LogP contribution in [0.4, 0.5) is 0 Å². The highest BCUT2D eigenvalue weighted by Gasteiger charge is 2.37. The van der Waals surface area contributed by atoms with Crippen molar-refractivity contribution in [2.24, 2.45) is 0 Å². The van der Waals surface area contributed by atoms with Gasteiger partial charge in [-0.25, -0.2) is 4.98 Å². The molecule has 1 atom stereocenters. The Morgan fingerprint density at radius 1 is 1.65 bits per heavy atom. The quantitative estimate of drug-likeness (QED) is 0.379. The Morgan fingerprint density at radius 2 is 2.40 bits per heavy atom. The summed E-state index contributed by atoms with van der Waals surface area (Å²) in [6.07, 6.45) is 4.89. The second-order valence-corrected chi connectivity index (χ2v) is 6.33. The van der Waals surface area contributed by atoms with Crippen LogP contribution in [0.15, 0.2) is 22.2 Å². The minimum absolute atomic E-state index is 0.173. The lowest BCUT2D eigenvalue weighted by atomic mass is 9.96. The molecule has 1 saturated carbocycles. The van der Waals surface area contributed by atoms with E-state index in [0.29, 0.717) is 17.6 Å². The number of hydrogen-bond acceptors (Lipinski definition) is 5. The van der Waals surface area contributed by atoms with Crippen molar-refractivity contribution in [2.45, 2.75) is 49.3 Å². The zero-order valence-electron chi connectivity index (χ0n) is 11.4. The molecule has 0 aromatic carbocycles. The molecule has 1 aromatic heterocycles. The monoisotopic (exact) mass is 297 g/mol. The molecule has 3 N–H and O–H groups in total. The average molecular weight is 297 g/mol. The molecule has 1 heterocycles. The fourth-order valence-corrected chi connectivity index (χ4v) is 2.73. The van der Waals surface area contributed by atoms with E-state index in [0.717, 1.165) is 25.0 Å². The first kappa shape index (κ1) is 15.1. The van der Waals surface area contributed by atoms with Crippen molar-refractivity contribution in [1.29, 1.82) is 0 Å². The van der Waals surface area contributed by atoms with Gasteiger partial charge < -0.3 is 10.1 Å². The van der Waals surface area contributed by atoms with Gasteiger partial charge in [0.05, 0.1) is 0 Å². The van der Waals surface area contributed by atoms with Gasteiger partial charge in [0.2, 0.25) is 0 Å². The second kappa shape index (κ2) is 6.41. The Labute approximate surface area is 121 Å². The number of thioether (sulfide) groups is 1. The molecule has 1 aliphatic carbocycles. The maximum absolute atomic E-state index is 11.4. The van der Waals surface area contributed by atoms with E-state index < -0.39 is 11.5 Å². The van der Waals surface area contributed by atoms with E-state index in [4.69, 9.17) is 0 Å². The number of carboxylic acids is 1. The summed E-state index contributed by atoms with van der Waals surface area (Å²) in [6.45, 7) is 1.74. The number of nitrogens with zero attached hydrogens (tertiary/aromatic N) is 1. The Bertz CT molecular complexity index is 530. The first-order chi connectivity index (χ1) is 9.49. The molecule has 1 aliphatic rings. The second-order valence-electron chi connectivity index (χ2n) is 5.25. The van der Waals surface area contributed by atoms with Crippen molar-refractivity contribution in [3.8, 4) is 0 Å². The van der Waals surface area contributed by atoms with E-state index in [-0.39, 0.29) is 5.56 Å². The zero-order chi connectivity index (χ0) is 14.6. The molecule has 0 amide bonds. The third-order valence-corrected chi connectivity index (χ3v) is 4.25. The fraction of sp³-hybridized carbons (Fsp3) is 0.615. The molecule has 0 radical (unpaired) electrons. The molecule has 1 fully saturated rings. The van der Waals surface area contributed by atoms with Crippen molar-refractivity contribution in [1.82, 2.24) is 15.3 Å². The van der Waals surface area contributed by atoms with Gasteiger partial charge in [0.15, 0.2) is 5.16 Å². The van der Waals surface area contributed by atoms with Gasteiger partial charge in [0.1, 0.15) is 5.54 Å². The van der Waals surface area contributed by atoms with Gasteiger partial charge in [0, 0.05) is 24.1 Å². The summed E-state index contributed by atoms with van der Waals surface area (Å²) in [5.41, 5.74) is -1.03. The maximum Gasteiger partial charge on any atom is 0.323 e. The number of aliphatic carboxylic acids is 1. The molecule has 0 spiro atoms. The summed E-state index contributed by atoms with van der Waals surface area (Å²) in [4.78, 5) is 29.1. The Morgan fingerprint density at radius 3 is 3.00 bits per heavy atom.